The molecule has 8 rings (SSSR count). The van der Waals surface area contributed by atoms with Crippen LogP contribution in [0.4, 0.5) is 11.4 Å². The Morgan fingerprint density at radius 2 is 1.29 bits per heavy atom. The first-order valence-electron chi connectivity index (χ1n) is 19.1. The zero-order valence-corrected chi connectivity index (χ0v) is 31.1. The average Bonchev–Trinajstić information content (AvgIpc) is 3.91. The third kappa shape index (κ3) is 6.37. The third-order valence-corrected chi connectivity index (χ3v) is 12.8. The van der Waals surface area contributed by atoms with E-state index in [1.54, 1.807) is 0 Å². The van der Waals surface area contributed by atoms with E-state index in [0.717, 1.165) is 95.7 Å². The van der Waals surface area contributed by atoms with Crippen molar-refractivity contribution >= 4 is 23.2 Å². The minimum Gasteiger partial charge on any atom is -0.395 e. The molecule has 0 unspecified atom stereocenters. The molecule has 2 aliphatic carbocycles. The van der Waals surface area contributed by atoms with E-state index in [1.807, 2.05) is 67.4 Å². The van der Waals surface area contributed by atoms with Gasteiger partial charge in [0.15, 0.2) is 11.6 Å². The number of hydrogen-bond acceptors (Lipinski definition) is 7. The molecule has 0 spiro atoms. The largest absolute Gasteiger partial charge is 0.395 e. The van der Waals surface area contributed by atoms with Gasteiger partial charge in [-0.3, -0.25) is 19.4 Å². The number of amides is 2. The second-order valence-electron chi connectivity index (χ2n) is 15.8. The molecule has 3 N–H and O–H groups in total. The summed E-state index contributed by atoms with van der Waals surface area (Å²) in [7, 11) is 3.86. The number of hydrogen-bond donors (Lipinski definition) is 3. The Morgan fingerprint density at radius 3 is 1.75 bits per heavy atom. The number of aliphatic hydroxyl groups excluding tert-OH is 1. The maximum atomic E-state index is 13.8. The van der Waals surface area contributed by atoms with Crippen LogP contribution in [0.5, 0.6) is 0 Å². The molecule has 52 heavy (non-hydrogen) atoms. The topological polar surface area (TPSA) is 121 Å². The van der Waals surface area contributed by atoms with E-state index in [4.69, 9.17) is 9.97 Å². The van der Waals surface area contributed by atoms with E-state index in [9.17, 15) is 14.7 Å². The molecule has 11 nitrogen and oxygen atoms in total. The van der Waals surface area contributed by atoms with Crippen LogP contribution >= 0.6 is 0 Å². The summed E-state index contributed by atoms with van der Waals surface area (Å²) in [5, 5.41) is 15.7. The van der Waals surface area contributed by atoms with Crippen molar-refractivity contribution in [3.05, 3.63) is 81.9 Å². The Hall–Kier alpha value is -4.32. The number of nitrogens with one attached hydrogen (secondary N) is 2. The van der Waals surface area contributed by atoms with Gasteiger partial charge < -0.3 is 24.9 Å². The first kappa shape index (κ1) is 34.7. The van der Waals surface area contributed by atoms with Crippen molar-refractivity contribution < 1.29 is 14.7 Å². The van der Waals surface area contributed by atoms with Gasteiger partial charge in [-0.25, -0.2) is 9.97 Å². The number of benzene rings is 2. The quantitative estimate of drug-likeness (QED) is 0.196. The zero-order chi connectivity index (χ0) is 36.1. The fourth-order valence-corrected chi connectivity index (χ4v) is 9.63. The highest BCUT2D eigenvalue weighted by Crippen LogP contribution is 2.56. The van der Waals surface area contributed by atoms with Crippen LogP contribution in [0.2, 0.25) is 0 Å². The fraction of sp³-hybridized carbons (Fsp3) is 0.512. The molecular formula is C41H52N8O3. The highest BCUT2D eigenvalue weighted by molar-refractivity contribution is 6.04. The lowest BCUT2D eigenvalue weighted by Crippen LogP contribution is -2.34. The van der Waals surface area contributed by atoms with Gasteiger partial charge in [0.25, 0.3) is 11.8 Å². The van der Waals surface area contributed by atoms with Gasteiger partial charge in [0.1, 0.15) is 0 Å². The number of carbonyl (C=O) groups excluding carboxylic acids is 2. The summed E-state index contributed by atoms with van der Waals surface area (Å²) >= 11 is 0. The van der Waals surface area contributed by atoms with Crippen molar-refractivity contribution in [1.82, 2.24) is 28.9 Å². The van der Waals surface area contributed by atoms with Gasteiger partial charge in [0.05, 0.1) is 18.0 Å². The molecule has 2 saturated carbocycles. The molecule has 11 heteroatoms. The minimum atomic E-state index is -0.259. The van der Waals surface area contributed by atoms with Gasteiger partial charge in [-0.05, 0) is 105 Å². The van der Waals surface area contributed by atoms with Crippen molar-refractivity contribution in [2.75, 3.05) is 43.4 Å². The molecular weight excluding hydrogens is 653 g/mol. The van der Waals surface area contributed by atoms with Gasteiger partial charge in [-0.1, -0.05) is 24.3 Å². The number of nitrogens with zero attached hydrogens (tertiary/aromatic N) is 6. The second kappa shape index (κ2) is 13.9. The highest BCUT2D eigenvalue weighted by atomic mass is 16.3. The van der Waals surface area contributed by atoms with Crippen LogP contribution in [0.25, 0.3) is 11.1 Å². The van der Waals surface area contributed by atoms with E-state index in [2.05, 4.69) is 26.5 Å². The van der Waals surface area contributed by atoms with Crippen molar-refractivity contribution in [3.63, 3.8) is 0 Å². The molecule has 4 heterocycles. The van der Waals surface area contributed by atoms with Crippen LogP contribution in [0.3, 0.4) is 0 Å². The lowest BCUT2D eigenvalue weighted by molar-refractivity contribution is 0.100. The van der Waals surface area contributed by atoms with E-state index >= 15 is 0 Å². The SMILES string of the molecule is Cc1c(NC(=O)c2nc3c(n2C)CCN(CCO)C3)cccc1-c1cccc(NC(=O)c2nc3c(n2C)CCN(CCC24CCC(CC2)C4)C3)c1C. The summed E-state index contributed by atoms with van der Waals surface area (Å²) in [6.45, 7) is 9.12. The maximum absolute atomic E-state index is 13.8. The van der Waals surface area contributed by atoms with Crippen LogP contribution in [0.15, 0.2) is 36.4 Å². The fourth-order valence-electron chi connectivity index (χ4n) is 9.63. The zero-order valence-electron chi connectivity index (χ0n) is 31.1. The Bertz CT molecular complexity index is 2020. The standard InChI is InChI=1S/C41H52N8O3/c1-26-29(30-8-6-10-32(27(30)2)45-40(52)38-43-34-25-49(21-22-50)19-14-36(34)47(38)4)7-5-9-31(26)44-39(51)37-42-33-24-48(18-13-35(33)46(37)3)20-17-41-15-11-28(23-41)12-16-41/h5-10,28,50H,11-25H2,1-4H3,(H,44,51)(H,45,52). The molecule has 4 aliphatic rings. The number of β-amino-alcohol motifs (C(OH)–C–C–N with tert-alkyl or cyclic N) is 1. The number of aliphatic hydroxyl groups is 1. The molecule has 0 saturated heterocycles. The van der Waals surface area contributed by atoms with Gasteiger partial charge in [-0.2, -0.15) is 0 Å². The molecule has 2 amide bonds. The first-order chi connectivity index (χ1) is 25.1. The van der Waals surface area contributed by atoms with Gasteiger partial charge >= 0.3 is 0 Å². The number of carbonyl (C=O) groups is 2. The smallest absolute Gasteiger partial charge is 0.291 e. The van der Waals surface area contributed by atoms with Crippen molar-refractivity contribution in [1.29, 1.82) is 0 Å². The Kier molecular flexibility index (Phi) is 9.30. The highest BCUT2D eigenvalue weighted by Gasteiger charge is 2.44. The van der Waals surface area contributed by atoms with Crippen LogP contribution in [0, 0.1) is 25.2 Å². The van der Waals surface area contributed by atoms with Crippen LogP contribution < -0.4 is 10.6 Å². The Balaban J connectivity index is 0.957. The lowest BCUT2D eigenvalue weighted by Gasteiger charge is -2.32. The molecule has 2 aromatic carbocycles. The average molecular weight is 705 g/mol. The number of imidazole rings is 2. The predicted molar refractivity (Wildman–Crippen MR) is 202 cm³/mol. The predicted octanol–water partition coefficient (Wildman–Crippen LogP) is 5.62. The minimum absolute atomic E-state index is 0.102. The number of aromatic nitrogens is 4. The summed E-state index contributed by atoms with van der Waals surface area (Å²) in [4.78, 5) is 41.6. The molecule has 2 fully saturated rings. The lowest BCUT2D eigenvalue weighted by atomic mass is 9.81. The van der Waals surface area contributed by atoms with Crippen molar-refractivity contribution in [3.8, 4) is 11.1 Å². The van der Waals surface area contributed by atoms with Gasteiger partial charge in [0.2, 0.25) is 0 Å². The van der Waals surface area contributed by atoms with Gasteiger partial charge in [0, 0.05) is 82.4 Å². The molecule has 4 aromatic rings. The van der Waals surface area contributed by atoms with Crippen LogP contribution in [0.1, 0.15) is 93.7 Å². The molecule has 2 aromatic heterocycles. The summed E-state index contributed by atoms with van der Waals surface area (Å²) in [6, 6.07) is 11.8. The molecule has 0 radical (unpaired) electrons. The maximum Gasteiger partial charge on any atom is 0.291 e. The van der Waals surface area contributed by atoms with E-state index in [-0.39, 0.29) is 18.4 Å². The second-order valence-corrected chi connectivity index (χ2v) is 15.8. The molecule has 274 valence electrons. The summed E-state index contributed by atoms with van der Waals surface area (Å²) in [5.74, 6) is 1.33. The van der Waals surface area contributed by atoms with Crippen LogP contribution in [-0.4, -0.2) is 78.6 Å². The molecule has 0 atom stereocenters. The molecule has 2 bridgehead atoms. The van der Waals surface area contributed by atoms with Gasteiger partial charge in [-0.15, -0.1) is 0 Å². The first-order valence-corrected chi connectivity index (χ1v) is 19.1. The number of rotatable bonds is 10. The van der Waals surface area contributed by atoms with E-state index in [0.29, 0.717) is 35.8 Å². The summed E-state index contributed by atoms with van der Waals surface area (Å²) in [5.41, 5.74) is 10.0. The van der Waals surface area contributed by atoms with E-state index < -0.39 is 0 Å². The summed E-state index contributed by atoms with van der Waals surface area (Å²) in [6.07, 6.45) is 10.1. The molecule has 2 aliphatic heterocycles. The Labute approximate surface area is 306 Å². The Morgan fingerprint density at radius 1 is 0.788 bits per heavy atom. The third-order valence-electron chi connectivity index (χ3n) is 12.8. The van der Waals surface area contributed by atoms with E-state index in [1.165, 1.54) is 38.5 Å². The monoisotopic (exact) mass is 704 g/mol. The summed E-state index contributed by atoms with van der Waals surface area (Å²) < 4.78 is 3.88. The number of fused-ring (bicyclic) bond motifs is 4. The van der Waals surface area contributed by atoms with Crippen molar-refractivity contribution in [2.45, 2.75) is 78.3 Å². The normalized spacial score (nSPS) is 21.3. The van der Waals surface area contributed by atoms with Crippen LogP contribution in [-0.2, 0) is 40.0 Å². The van der Waals surface area contributed by atoms with Crippen molar-refractivity contribution in [2.24, 2.45) is 25.4 Å². The number of anilines is 2.